The number of fused-ring (bicyclic) bond motifs is 1. The van der Waals surface area contributed by atoms with Crippen LogP contribution in [0.1, 0.15) is 35.3 Å². The molecule has 1 aliphatic heterocycles. The number of hydrogen-bond acceptors (Lipinski definition) is 2. The summed E-state index contributed by atoms with van der Waals surface area (Å²) in [6, 6.07) is 3.53. The van der Waals surface area contributed by atoms with Gasteiger partial charge in [0, 0.05) is 6.54 Å². The van der Waals surface area contributed by atoms with Crippen LogP contribution >= 0.6 is 0 Å². The summed E-state index contributed by atoms with van der Waals surface area (Å²) in [6.45, 7) is 6.42. The maximum atomic E-state index is 12.6. The van der Waals surface area contributed by atoms with E-state index in [2.05, 4.69) is 6.58 Å². The molecule has 0 saturated heterocycles. The highest BCUT2D eigenvalue weighted by Gasteiger charge is 2.37. The van der Waals surface area contributed by atoms with Gasteiger partial charge in [0.05, 0.1) is 12.7 Å². The van der Waals surface area contributed by atoms with Gasteiger partial charge >= 0.3 is 6.18 Å². The van der Waals surface area contributed by atoms with E-state index in [4.69, 9.17) is 4.74 Å². The monoisotopic (exact) mass is 339 g/mol. The Morgan fingerprint density at radius 1 is 1.38 bits per heavy atom. The van der Waals surface area contributed by atoms with Gasteiger partial charge in [-0.2, -0.15) is 13.2 Å². The predicted octanol–water partition coefficient (Wildman–Crippen LogP) is 4.24. The summed E-state index contributed by atoms with van der Waals surface area (Å²) in [5.41, 5.74) is 3.64. The molecule has 0 saturated carbocycles. The Morgan fingerprint density at radius 3 is 2.58 bits per heavy atom. The van der Waals surface area contributed by atoms with E-state index in [9.17, 15) is 18.0 Å². The summed E-state index contributed by atoms with van der Waals surface area (Å²) < 4.78 is 43.1. The SMILES string of the molecule is C=C(C)/C=C(\C)c1cc2c(c(OC)c1)C(=O)N(CC(F)(F)F)CC2. The largest absolute Gasteiger partial charge is 0.496 e. The fourth-order valence-electron chi connectivity index (χ4n) is 2.84. The number of nitrogens with zero attached hydrogens (tertiary/aromatic N) is 1. The molecule has 3 nitrogen and oxygen atoms in total. The minimum atomic E-state index is -4.42. The van der Waals surface area contributed by atoms with Gasteiger partial charge in [-0.05, 0) is 43.0 Å². The molecule has 1 heterocycles. The van der Waals surface area contributed by atoms with Crippen molar-refractivity contribution in [3.8, 4) is 5.75 Å². The lowest BCUT2D eigenvalue weighted by Crippen LogP contribution is -2.43. The predicted molar refractivity (Wildman–Crippen MR) is 87.1 cm³/mol. The lowest BCUT2D eigenvalue weighted by atomic mass is 9.93. The molecule has 1 aromatic carbocycles. The standard InChI is InChI=1S/C18H20F3NO2/c1-11(2)7-12(3)14-8-13-5-6-22(10-18(19,20)21)17(23)16(13)15(9-14)24-4/h7-9H,1,5-6,10H2,2-4H3/b12-7+. The fraction of sp³-hybridized carbons (Fsp3) is 0.389. The third kappa shape index (κ3) is 3.99. The van der Waals surface area contributed by atoms with Crippen LogP contribution in [0, 0.1) is 0 Å². The normalized spacial score (nSPS) is 15.3. The van der Waals surface area contributed by atoms with Crippen LogP contribution < -0.4 is 4.74 Å². The molecule has 0 radical (unpaired) electrons. The maximum absolute atomic E-state index is 12.6. The van der Waals surface area contributed by atoms with Gasteiger partial charge in [0.15, 0.2) is 0 Å². The molecule has 24 heavy (non-hydrogen) atoms. The molecule has 0 spiro atoms. The molecule has 1 aromatic rings. The second kappa shape index (κ2) is 6.71. The number of ether oxygens (including phenoxy) is 1. The van der Waals surface area contributed by atoms with Crippen molar-refractivity contribution in [2.75, 3.05) is 20.2 Å². The van der Waals surface area contributed by atoms with E-state index < -0.39 is 18.6 Å². The summed E-state index contributed by atoms with van der Waals surface area (Å²) in [6.07, 6.45) is -2.15. The first kappa shape index (κ1) is 18.1. The van der Waals surface area contributed by atoms with E-state index in [0.29, 0.717) is 17.7 Å². The second-order valence-corrected chi connectivity index (χ2v) is 5.98. The van der Waals surface area contributed by atoms with E-state index in [1.54, 1.807) is 6.07 Å². The Hall–Kier alpha value is -2.24. The number of benzene rings is 1. The zero-order chi connectivity index (χ0) is 18.1. The Labute approximate surface area is 139 Å². The molecule has 0 fully saturated rings. The van der Waals surface area contributed by atoms with Gasteiger partial charge in [0.25, 0.3) is 5.91 Å². The first-order chi connectivity index (χ1) is 11.1. The van der Waals surface area contributed by atoms with Crippen LogP contribution in [0.5, 0.6) is 5.75 Å². The fourth-order valence-corrected chi connectivity index (χ4v) is 2.84. The Kier molecular flexibility index (Phi) is 5.06. The number of halogens is 3. The molecule has 0 aromatic heterocycles. The highest BCUT2D eigenvalue weighted by molar-refractivity contribution is 6.00. The quantitative estimate of drug-likeness (QED) is 0.768. The number of hydrogen-bond donors (Lipinski definition) is 0. The second-order valence-electron chi connectivity index (χ2n) is 5.98. The topological polar surface area (TPSA) is 29.5 Å². The maximum Gasteiger partial charge on any atom is 0.406 e. The smallest absolute Gasteiger partial charge is 0.406 e. The van der Waals surface area contributed by atoms with Crippen LogP contribution in [-0.4, -0.2) is 37.2 Å². The first-order valence-electron chi connectivity index (χ1n) is 7.53. The van der Waals surface area contributed by atoms with Gasteiger partial charge in [0.2, 0.25) is 0 Å². The number of rotatable bonds is 4. The highest BCUT2D eigenvalue weighted by atomic mass is 19.4. The summed E-state index contributed by atoms with van der Waals surface area (Å²) in [7, 11) is 1.41. The number of alkyl halides is 3. The molecule has 130 valence electrons. The molecule has 6 heteroatoms. The molecular formula is C18H20F3NO2. The van der Waals surface area contributed by atoms with Gasteiger partial charge in [-0.15, -0.1) is 0 Å². The molecule has 2 rings (SSSR count). The van der Waals surface area contributed by atoms with Crippen molar-refractivity contribution < 1.29 is 22.7 Å². The zero-order valence-corrected chi connectivity index (χ0v) is 14.0. The third-order valence-corrected chi connectivity index (χ3v) is 3.84. The molecule has 0 atom stereocenters. The van der Waals surface area contributed by atoms with Crippen LogP contribution in [0.3, 0.4) is 0 Å². The van der Waals surface area contributed by atoms with Crippen molar-refractivity contribution >= 4 is 11.5 Å². The third-order valence-electron chi connectivity index (χ3n) is 3.84. The number of allylic oxidation sites excluding steroid dienone is 3. The summed E-state index contributed by atoms with van der Waals surface area (Å²) in [5, 5.41) is 0. The van der Waals surface area contributed by atoms with Gasteiger partial charge in [-0.25, -0.2) is 0 Å². The molecule has 0 N–H and O–H groups in total. The van der Waals surface area contributed by atoms with Crippen molar-refractivity contribution in [2.45, 2.75) is 26.4 Å². The Bertz CT molecular complexity index is 688. The van der Waals surface area contributed by atoms with Crippen LogP contribution in [0.2, 0.25) is 0 Å². The van der Waals surface area contributed by atoms with E-state index in [1.807, 2.05) is 26.0 Å². The zero-order valence-electron chi connectivity index (χ0n) is 14.0. The average Bonchev–Trinajstić information content (AvgIpc) is 2.47. The summed E-state index contributed by atoms with van der Waals surface area (Å²) in [4.78, 5) is 13.3. The lowest BCUT2D eigenvalue weighted by Gasteiger charge is -2.30. The molecule has 0 aliphatic carbocycles. The molecule has 1 amide bonds. The first-order valence-corrected chi connectivity index (χ1v) is 7.53. The minimum Gasteiger partial charge on any atom is -0.496 e. The van der Waals surface area contributed by atoms with Crippen molar-refractivity contribution in [3.63, 3.8) is 0 Å². The molecule has 0 unspecified atom stereocenters. The minimum absolute atomic E-state index is 0.0429. The van der Waals surface area contributed by atoms with Crippen molar-refractivity contribution in [1.82, 2.24) is 4.90 Å². The number of methoxy groups -OCH3 is 1. The van der Waals surface area contributed by atoms with Crippen LogP contribution in [0.25, 0.3) is 5.57 Å². The van der Waals surface area contributed by atoms with Gasteiger partial charge in [-0.1, -0.05) is 24.3 Å². The lowest BCUT2D eigenvalue weighted by molar-refractivity contribution is -0.141. The highest BCUT2D eigenvalue weighted by Crippen LogP contribution is 2.33. The average molecular weight is 339 g/mol. The number of carbonyl (C=O) groups is 1. The van der Waals surface area contributed by atoms with Crippen LogP contribution in [0.4, 0.5) is 13.2 Å². The van der Waals surface area contributed by atoms with Gasteiger partial charge in [0.1, 0.15) is 12.3 Å². The molecule has 0 bridgehead atoms. The summed E-state index contributed by atoms with van der Waals surface area (Å²) in [5.74, 6) is -0.340. The van der Waals surface area contributed by atoms with Gasteiger partial charge < -0.3 is 9.64 Å². The van der Waals surface area contributed by atoms with Crippen molar-refractivity contribution in [1.29, 1.82) is 0 Å². The van der Waals surface area contributed by atoms with E-state index in [0.717, 1.165) is 21.6 Å². The van der Waals surface area contributed by atoms with Crippen LogP contribution in [0.15, 0.2) is 30.4 Å². The van der Waals surface area contributed by atoms with E-state index in [1.165, 1.54) is 7.11 Å². The van der Waals surface area contributed by atoms with Crippen molar-refractivity contribution in [2.24, 2.45) is 0 Å². The van der Waals surface area contributed by atoms with Crippen molar-refractivity contribution in [3.05, 3.63) is 47.1 Å². The number of carbonyl (C=O) groups excluding carboxylic acids is 1. The van der Waals surface area contributed by atoms with Gasteiger partial charge in [-0.3, -0.25) is 4.79 Å². The number of amides is 1. The summed E-state index contributed by atoms with van der Waals surface area (Å²) >= 11 is 0. The van der Waals surface area contributed by atoms with Crippen LogP contribution in [-0.2, 0) is 6.42 Å². The van der Waals surface area contributed by atoms with E-state index >= 15 is 0 Å². The Morgan fingerprint density at radius 2 is 2.04 bits per heavy atom. The Balaban J connectivity index is 2.45. The van der Waals surface area contributed by atoms with E-state index in [-0.39, 0.29) is 12.1 Å². The molecular weight excluding hydrogens is 319 g/mol. The molecule has 1 aliphatic rings.